The highest BCUT2D eigenvalue weighted by Gasteiger charge is 2.29. The van der Waals surface area contributed by atoms with Crippen molar-refractivity contribution in [2.45, 2.75) is 25.0 Å². The van der Waals surface area contributed by atoms with Gasteiger partial charge in [0.2, 0.25) is 0 Å². The van der Waals surface area contributed by atoms with Gasteiger partial charge in [-0.05, 0) is 42.5 Å². The van der Waals surface area contributed by atoms with E-state index >= 15 is 0 Å². The van der Waals surface area contributed by atoms with Crippen LogP contribution >= 0.6 is 23.7 Å². The van der Waals surface area contributed by atoms with E-state index in [0.29, 0.717) is 29.2 Å². The summed E-state index contributed by atoms with van der Waals surface area (Å²) in [6, 6.07) is 10.6. The van der Waals surface area contributed by atoms with E-state index in [-0.39, 0.29) is 30.3 Å². The van der Waals surface area contributed by atoms with Crippen LogP contribution in [0.2, 0.25) is 0 Å². The van der Waals surface area contributed by atoms with E-state index in [4.69, 9.17) is 10.5 Å². The number of nitrogens with one attached hydrogen (secondary N) is 2. The highest BCUT2D eigenvalue weighted by Crippen LogP contribution is 2.22. The van der Waals surface area contributed by atoms with Crippen LogP contribution in [0.15, 0.2) is 41.8 Å². The number of benzene rings is 1. The first-order valence-corrected chi connectivity index (χ1v) is 8.65. The van der Waals surface area contributed by atoms with E-state index in [1.165, 1.54) is 11.3 Å². The molecule has 3 rings (SSSR count). The fourth-order valence-corrected chi connectivity index (χ4v) is 3.19. The summed E-state index contributed by atoms with van der Waals surface area (Å²) < 4.78 is 5.58. The minimum Gasteiger partial charge on any atom is -0.364 e. The fraction of sp³-hybridized carbons (Fsp3) is 0.294. The Balaban J connectivity index is 0.00000225. The molecule has 8 heteroatoms. The van der Waals surface area contributed by atoms with Gasteiger partial charge in [-0.25, -0.2) is 0 Å². The quantitative estimate of drug-likeness (QED) is 0.742. The van der Waals surface area contributed by atoms with Gasteiger partial charge in [0.15, 0.2) is 0 Å². The van der Waals surface area contributed by atoms with Crippen molar-refractivity contribution in [2.75, 3.05) is 17.2 Å². The number of halogens is 1. The molecule has 1 aromatic heterocycles. The summed E-state index contributed by atoms with van der Waals surface area (Å²) in [7, 11) is 0. The van der Waals surface area contributed by atoms with E-state index in [1.54, 1.807) is 30.3 Å². The second-order valence-electron chi connectivity index (χ2n) is 5.56. The summed E-state index contributed by atoms with van der Waals surface area (Å²) in [4.78, 5) is 24.9. The van der Waals surface area contributed by atoms with E-state index in [2.05, 4.69) is 10.6 Å². The number of hydrogen-bond donors (Lipinski definition) is 3. The molecule has 1 aliphatic rings. The third kappa shape index (κ3) is 5.02. The third-order valence-electron chi connectivity index (χ3n) is 3.80. The average Bonchev–Trinajstić information content (AvgIpc) is 3.27. The van der Waals surface area contributed by atoms with Crippen molar-refractivity contribution in [3.05, 3.63) is 46.7 Å². The predicted molar refractivity (Wildman–Crippen MR) is 102 cm³/mol. The van der Waals surface area contributed by atoms with Crippen LogP contribution in [-0.2, 0) is 9.53 Å². The molecule has 4 N–H and O–H groups in total. The lowest BCUT2D eigenvalue weighted by Crippen LogP contribution is -2.29. The van der Waals surface area contributed by atoms with Crippen molar-refractivity contribution >= 4 is 46.9 Å². The highest BCUT2D eigenvalue weighted by molar-refractivity contribution is 7.12. The first kappa shape index (κ1) is 19.4. The number of nitrogens with two attached hydrogens (primary N) is 1. The zero-order chi connectivity index (χ0) is 16.9. The molecule has 1 aliphatic heterocycles. The lowest BCUT2D eigenvalue weighted by Gasteiger charge is -2.13. The van der Waals surface area contributed by atoms with Gasteiger partial charge in [-0.3, -0.25) is 9.59 Å². The third-order valence-corrected chi connectivity index (χ3v) is 4.66. The summed E-state index contributed by atoms with van der Waals surface area (Å²) in [6.45, 7) is 0.425. The van der Waals surface area contributed by atoms with Crippen LogP contribution in [0.25, 0.3) is 0 Å². The number of anilines is 2. The van der Waals surface area contributed by atoms with Crippen LogP contribution in [0.5, 0.6) is 0 Å². The van der Waals surface area contributed by atoms with Gasteiger partial charge in [-0.15, -0.1) is 23.7 Å². The molecule has 25 heavy (non-hydrogen) atoms. The summed E-state index contributed by atoms with van der Waals surface area (Å²) in [6.07, 6.45) is 0.952. The highest BCUT2D eigenvalue weighted by atomic mass is 35.5. The number of hydrogen-bond acceptors (Lipinski definition) is 5. The minimum atomic E-state index is -0.470. The van der Waals surface area contributed by atoms with Gasteiger partial charge in [0.05, 0.1) is 11.0 Å². The Morgan fingerprint density at radius 2 is 1.92 bits per heavy atom. The molecule has 0 radical (unpaired) electrons. The van der Waals surface area contributed by atoms with E-state index < -0.39 is 6.10 Å². The van der Waals surface area contributed by atoms with Gasteiger partial charge in [-0.2, -0.15) is 0 Å². The average molecular weight is 382 g/mol. The van der Waals surface area contributed by atoms with Crippen molar-refractivity contribution in [2.24, 2.45) is 5.73 Å². The Morgan fingerprint density at radius 1 is 1.16 bits per heavy atom. The SMILES string of the molecule is Cl.NC[C@H]1CC[C@@H](C(=O)Nc2cccc(NC(=O)c3cccs3)c2)O1. The van der Waals surface area contributed by atoms with E-state index in [9.17, 15) is 9.59 Å². The number of thiophene rings is 1. The Bertz CT molecular complexity index is 724. The predicted octanol–water partition coefficient (Wildman–Crippen LogP) is 2.87. The standard InChI is InChI=1S/C17H19N3O3S.ClH/c18-10-13-6-7-14(23-13)16(21)19-11-3-1-4-12(9-11)20-17(22)15-5-2-8-24-15;/h1-5,8-9,13-14H,6-7,10,18H2,(H,19,21)(H,20,22);1H/t13-,14+;/m1./s1. The molecule has 1 fully saturated rings. The molecule has 2 heterocycles. The topological polar surface area (TPSA) is 93.5 Å². The Labute approximate surface area is 156 Å². The van der Waals surface area contributed by atoms with E-state index in [1.807, 2.05) is 11.4 Å². The molecule has 0 aliphatic carbocycles. The van der Waals surface area contributed by atoms with Crippen LogP contribution in [-0.4, -0.2) is 30.6 Å². The molecule has 2 atom stereocenters. The Morgan fingerprint density at radius 3 is 2.56 bits per heavy atom. The molecule has 0 saturated carbocycles. The second-order valence-corrected chi connectivity index (χ2v) is 6.51. The maximum atomic E-state index is 12.2. The van der Waals surface area contributed by atoms with Crippen molar-refractivity contribution in [3.8, 4) is 0 Å². The number of amides is 2. The summed E-state index contributed by atoms with van der Waals surface area (Å²) >= 11 is 1.38. The van der Waals surface area contributed by atoms with Gasteiger partial charge < -0.3 is 21.1 Å². The first-order valence-electron chi connectivity index (χ1n) is 7.77. The molecular formula is C17H20ClN3O3S. The number of carbonyl (C=O) groups is 2. The van der Waals surface area contributed by atoms with Crippen LogP contribution in [0.1, 0.15) is 22.5 Å². The van der Waals surface area contributed by atoms with Gasteiger partial charge >= 0.3 is 0 Å². The molecule has 1 aromatic carbocycles. The Hall–Kier alpha value is -1.93. The lowest BCUT2D eigenvalue weighted by molar-refractivity contribution is -0.126. The van der Waals surface area contributed by atoms with Crippen LogP contribution in [0, 0.1) is 0 Å². The van der Waals surface area contributed by atoms with Gasteiger partial charge in [-0.1, -0.05) is 12.1 Å². The maximum Gasteiger partial charge on any atom is 0.265 e. The summed E-state index contributed by atoms with van der Waals surface area (Å²) in [5.41, 5.74) is 6.80. The molecule has 2 aromatic rings. The lowest BCUT2D eigenvalue weighted by atomic mass is 10.2. The molecule has 0 bridgehead atoms. The summed E-state index contributed by atoms with van der Waals surface area (Å²) in [5, 5.41) is 7.49. The normalized spacial score (nSPS) is 19.1. The van der Waals surface area contributed by atoms with Crippen LogP contribution in [0.3, 0.4) is 0 Å². The molecular weight excluding hydrogens is 362 g/mol. The van der Waals surface area contributed by atoms with Crippen molar-refractivity contribution in [1.82, 2.24) is 0 Å². The monoisotopic (exact) mass is 381 g/mol. The summed E-state index contributed by atoms with van der Waals surface area (Å²) in [5.74, 6) is -0.355. The first-order chi connectivity index (χ1) is 11.7. The molecule has 2 amide bonds. The minimum absolute atomic E-state index is 0. The van der Waals surface area contributed by atoms with Crippen LogP contribution in [0.4, 0.5) is 11.4 Å². The van der Waals surface area contributed by atoms with Gasteiger partial charge in [0.1, 0.15) is 6.10 Å². The molecule has 6 nitrogen and oxygen atoms in total. The van der Waals surface area contributed by atoms with Crippen LogP contribution < -0.4 is 16.4 Å². The smallest absolute Gasteiger partial charge is 0.265 e. The molecule has 0 unspecified atom stereocenters. The zero-order valence-corrected chi connectivity index (χ0v) is 15.1. The van der Waals surface area contributed by atoms with Gasteiger partial charge in [0, 0.05) is 17.9 Å². The Kier molecular flexibility index (Phi) is 6.95. The van der Waals surface area contributed by atoms with Gasteiger partial charge in [0.25, 0.3) is 11.8 Å². The van der Waals surface area contributed by atoms with E-state index in [0.717, 1.165) is 6.42 Å². The fourth-order valence-electron chi connectivity index (χ4n) is 2.57. The zero-order valence-electron chi connectivity index (χ0n) is 13.4. The molecule has 1 saturated heterocycles. The number of carbonyl (C=O) groups excluding carboxylic acids is 2. The molecule has 0 spiro atoms. The number of rotatable bonds is 5. The van der Waals surface area contributed by atoms with Crippen molar-refractivity contribution < 1.29 is 14.3 Å². The molecule has 134 valence electrons. The largest absolute Gasteiger partial charge is 0.364 e. The maximum absolute atomic E-state index is 12.2. The van der Waals surface area contributed by atoms with Crippen molar-refractivity contribution in [1.29, 1.82) is 0 Å². The second kappa shape index (κ2) is 8.96. The van der Waals surface area contributed by atoms with Crippen molar-refractivity contribution in [3.63, 3.8) is 0 Å². The number of ether oxygens (including phenoxy) is 1.